The van der Waals surface area contributed by atoms with Crippen LogP contribution in [0.4, 0.5) is 4.79 Å². The standard InChI is InChI=1S/C18H22BrN3O5S/c1-3-21(14-7-8-28(26,27)11-14)15(23)10-22-16(24)18(2,20-17(22)25)12-5-4-6-13(19)9-12/h4-6,9,14H,3,7-8,10-11H2,1-2H3,(H,20,25)/t14-,18+/m0/s1. The Morgan fingerprint density at radius 1 is 1.39 bits per heavy atom. The molecule has 2 heterocycles. The Kier molecular flexibility index (Phi) is 5.55. The molecule has 0 aliphatic carbocycles. The molecule has 2 aliphatic heterocycles. The fraction of sp³-hybridized carbons (Fsp3) is 0.500. The number of benzene rings is 1. The minimum Gasteiger partial charge on any atom is -0.337 e. The van der Waals surface area contributed by atoms with E-state index in [1.807, 2.05) is 6.07 Å². The molecule has 1 N–H and O–H groups in total. The lowest BCUT2D eigenvalue weighted by Gasteiger charge is -2.28. The Hall–Kier alpha value is -1.94. The number of urea groups is 1. The topological polar surface area (TPSA) is 104 Å². The van der Waals surface area contributed by atoms with E-state index in [1.165, 1.54) is 4.90 Å². The Bertz CT molecular complexity index is 935. The molecular formula is C18H22BrN3O5S. The van der Waals surface area contributed by atoms with Crippen LogP contribution in [-0.4, -0.2) is 66.7 Å². The van der Waals surface area contributed by atoms with Gasteiger partial charge < -0.3 is 10.2 Å². The number of amides is 4. The zero-order valence-electron chi connectivity index (χ0n) is 15.6. The van der Waals surface area contributed by atoms with Crippen molar-refractivity contribution < 1.29 is 22.8 Å². The van der Waals surface area contributed by atoms with E-state index in [2.05, 4.69) is 21.2 Å². The van der Waals surface area contributed by atoms with Gasteiger partial charge in [0, 0.05) is 17.1 Å². The predicted octanol–water partition coefficient (Wildman–Crippen LogP) is 1.25. The zero-order chi connectivity index (χ0) is 20.7. The fourth-order valence-electron chi connectivity index (χ4n) is 3.72. The number of rotatable bonds is 5. The molecule has 0 unspecified atom stereocenters. The van der Waals surface area contributed by atoms with Gasteiger partial charge in [0.25, 0.3) is 5.91 Å². The van der Waals surface area contributed by atoms with Crippen molar-refractivity contribution in [2.75, 3.05) is 24.6 Å². The molecule has 10 heteroatoms. The molecule has 28 heavy (non-hydrogen) atoms. The van der Waals surface area contributed by atoms with E-state index in [4.69, 9.17) is 0 Å². The van der Waals surface area contributed by atoms with Gasteiger partial charge in [0.2, 0.25) is 5.91 Å². The van der Waals surface area contributed by atoms with Crippen LogP contribution in [0.15, 0.2) is 28.7 Å². The molecule has 0 spiro atoms. The summed E-state index contributed by atoms with van der Waals surface area (Å²) in [6, 6.07) is 5.98. The number of nitrogens with zero attached hydrogens (tertiary/aromatic N) is 2. The lowest BCUT2D eigenvalue weighted by Crippen LogP contribution is -2.48. The SMILES string of the molecule is CCN(C(=O)CN1C(=O)N[C@](C)(c2cccc(Br)c2)C1=O)[C@H]1CCS(=O)(=O)C1. The Morgan fingerprint density at radius 3 is 2.68 bits per heavy atom. The van der Waals surface area contributed by atoms with E-state index in [0.29, 0.717) is 18.5 Å². The molecule has 0 aromatic heterocycles. The molecule has 0 radical (unpaired) electrons. The average Bonchev–Trinajstić information content (AvgIpc) is 3.08. The Labute approximate surface area is 172 Å². The van der Waals surface area contributed by atoms with Gasteiger partial charge in [-0.2, -0.15) is 0 Å². The molecule has 0 bridgehead atoms. The molecule has 3 rings (SSSR count). The van der Waals surface area contributed by atoms with Crippen LogP contribution < -0.4 is 5.32 Å². The lowest BCUT2D eigenvalue weighted by atomic mass is 9.92. The van der Waals surface area contributed by atoms with Gasteiger partial charge in [-0.05, 0) is 38.0 Å². The first-order chi connectivity index (χ1) is 13.1. The molecule has 0 saturated carbocycles. The third-order valence-electron chi connectivity index (χ3n) is 5.28. The van der Waals surface area contributed by atoms with Crippen molar-refractivity contribution in [1.29, 1.82) is 0 Å². The summed E-state index contributed by atoms with van der Waals surface area (Å²) in [4.78, 5) is 40.5. The molecule has 152 valence electrons. The van der Waals surface area contributed by atoms with Crippen LogP contribution in [0, 0.1) is 0 Å². The number of hydrogen-bond donors (Lipinski definition) is 1. The number of carbonyl (C=O) groups excluding carboxylic acids is 3. The summed E-state index contributed by atoms with van der Waals surface area (Å²) < 4.78 is 24.2. The molecule has 2 aliphatic rings. The van der Waals surface area contributed by atoms with Gasteiger partial charge in [-0.15, -0.1) is 0 Å². The maximum Gasteiger partial charge on any atom is 0.325 e. The van der Waals surface area contributed by atoms with Crippen molar-refractivity contribution in [3.05, 3.63) is 34.3 Å². The summed E-state index contributed by atoms with van der Waals surface area (Å²) in [7, 11) is -3.15. The van der Waals surface area contributed by atoms with E-state index in [9.17, 15) is 22.8 Å². The van der Waals surface area contributed by atoms with Crippen molar-refractivity contribution in [2.45, 2.75) is 31.8 Å². The van der Waals surface area contributed by atoms with Crippen LogP contribution in [-0.2, 0) is 25.0 Å². The van der Waals surface area contributed by atoms with Gasteiger partial charge in [-0.25, -0.2) is 13.2 Å². The highest BCUT2D eigenvalue weighted by molar-refractivity contribution is 9.10. The average molecular weight is 472 g/mol. The Balaban J connectivity index is 1.77. The van der Waals surface area contributed by atoms with Crippen LogP contribution in [0.1, 0.15) is 25.8 Å². The number of likely N-dealkylation sites (N-methyl/N-ethyl adjacent to an activating group) is 1. The summed E-state index contributed by atoms with van der Waals surface area (Å²) in [6.07, 6.45) is 0.373. The first-order valence-electron chi connectivity index (χ1n) is 8.97. The molecule has 1 aromatic carbocycles. The van der Waals surface area contributed by atoms with E-state index in [1.54, 1.807) is 32.0 Å². The quantitative estimate of drug-likeness (QED) is 0.650. The molecule has 1 aromatic rings. The number of halogens is 1. The monoisotopic (exact) mass is 471 g/mol. The highest BCUT2D eigenvalue weighted by Crippen LogP contribution is 2.30. The van der Waals surface area contributed by atoms with Crippen LogP contribution in [0.5, 0.6) is 0 Å². The molecule has 2 atom stereocenters. The van der Waals surface area contributed by atoms with E-state index in [0.717, 1.165) is 9.37 Å². The summed E-state index contributed by atoms with van der Waals surface area (Å²) in [5.74, 6) is -0.987. The Morgan fingerprint density at radius 2 is 2.11 bits per heavy atom. The minimum atomic E-state index is -3.15. The third-order valence-corrected chi connectivity index (χ3v) is 7.52. The highest BCUT2D eigenvalue weighted by atomic mass is 79.9. The summed E-state index contributed by atoms with van der Waals surface area (Å²) >= 11 is 3.35. The highest BCUT2D eigenvalue weighted by Gasteiger charge is 2.50. The van der Waals surface area contributed by atoms with Gasteiger partial charge in [0.05, 0.1) is 11.5 Å². The first-order valence-corrected chi connectivity index (χ1v) is 11.6. The second kappa shape index (κ2) is 7.47. The fourth-order valence-corrected chi connectivity index (χ4v) is 5.85. The number of sulfone groups is 1. The maximum atomic E-state index is 13.0. The smallest absolute Gasteiger partial charge is 0.325 e. The van der Waals surface area contributed by atoms with Crippen molar-refractivity contribution in [1.82, 2.24) is 15.1 Å². The largest absolute Gasteiger partial charge is 0.337 e. The maximum absolute atomic E-state index is 13.0. The van der Waals surface area contributed by atoms with Gasteiger partial charge in [-0.1, -0.05) is 28.1 Å². The second-order valence-corrected chi connectivity index (χ2v) is 10.3. The second-order valence-electron chi connectivity index (χ2n) is 7.19. The minimum absolute atomic E-state index is 0.0472. The molecule has 2 saturated heterocycles. The van der Waals surface area contributed by atoms with Gasteiger partial charge in [0.1, 0.15) is 12.1 Å². The molecule has 8 nitrogen and oxygen atoms in total. The van der Waals surface area contributed by atoms with Gasteiger partial charge >= 0.3 is 6.03 Å². The number of nitrogens with one attached hydrogen (secondary N) is 1. The first kappa shape index (κ1) is 20.8. The molecular weight excluding hydrogens is 450 g/mol. The van der Waals surface area contributed by atoms with Crippen LogP contribution in [0.25, 0.3) is 0 Å². The summed E-state index contributed by atoms with van der Waals surface area (Å²) in [5.41, 5.74) is -0.668. The van der Waals surface area contributed by atoms with Gasteiger partial charge in [-0.3, -0.25) is 14.5 Å². The van der Waals surface area contributed by atoms with Crippen molar-refractivity contribution in [3.63, 3.8) is 0 Å². The van der Waals surface area contributed by atoms with Crippen LogP contribution >= 0.6 is 15.9 Å². The number of carbonyl (C=O) groups is 3. The molecule has 2 fully saturated rings. The van der Waals surface area contributed by atoms with Gasteiger partial charge in [0.15, 0.2) is 9.84 Å². The van der Waals surface area contributed by atoms with Crippen LogP contribution in [0.3, 0.4) is 0 Å². The van der Waals surface area contributed by atoms with E-state index < -0.39 is 45.8 Å². The van der Waals surface area contributed by atoms with Crippen molar-refractivity contribution >= 4 is 43.6 Å². The molecule has 4 amide bonds. The van der Waals surface area contributed by atoms with E-state index in [-0.39, 0.29) is 11.5 Å². The van der Waals surface area contributed by atoms with Crippen LogP contribution in [0.2, 0.25) is 0 Å². The summed E-state index contributed by atoms with van der Waals surface area (Å²) in [6.45, 7) is 3.24. The third kappa shape index (κ3) is 3.80. The zero-order valence-corrected chi connectivity index (χ0v) is 18.0. The van der Waals surface area contributed by atoms with E-state index >= 15 is 0 Å². The van der Waals surface area contributed by atoms with Crippen molar-refractivity contribution in [2.24, 2.45) is 0 Å². The lowest BCUT2D eigenvalue weighted by molar-refractivity contribution is -0.139. The van der Waals surface area contributed by atoms with Crippen molar-refractivity contribution in [3.8, 4) is 0 Å². The number of imide groups is 1. The predicted molar refractivity (Wildman–Crippen MR) is 106 cm³/mol. The summed E-state index contributed by atoms with van der Waals surface area (Å²) in [5, 5.41) is 2.67. The normalized spacial score (nSPS) is 26.4. The number of hydrogen-bond acceptors (Lipinski definition) is 5.